The van der Waals surface area contributed by atoms with E-state index in [1.165, 1.54) is 0 Å². The van der Waals surface area contributed by atoms with Gasteiger partial charge in [-0.2, -0.15) is 0 Å². The van der Waals surface area contributed by atoms with E-state index in [0.717, 1.165) is 11.1 Å². The summed E-state index contributed by atoms with van der Waals surface area (Å²) in [5.74, 6) is -0.909. The number of rotatable bonds is 1. The minimum Gasteiger partial charge on any atom is -0.457 e. The van der Waals surface area contributed by atoms with Gasteiger partial charge in [0.15, 0.2) is 0 Å². The number of aliphatic hydroxyl groups excluding tert-OH is 1. The molecule has 5 rings (SSSR count). The Kier molecular flexibility index (Phi) is 2.71. The zero-order valence-electron chi connectivity index (χ0n) is 14.7. The number of carbonyl (C=O) groups is 2. The molecule has 0 radical (unpaired) electrons. The maximum atomic E-state index is 12.7. The number of hydrogen-bond acceptors (Lipinski definition) is 6. The largest absolute Gasteiger partial charge is 0.457 e. The van der Waals surface area contributed by atoms with Crippen molar-refractivity contribution in [1.29, 1.82) is 0 Å². The van der Waals surface area contributed by atoms with Crippen molar-refractivity contribution in [2.45, 2.75) is 58.2 Å². The fourth-order valence-corrected chi connectivity index (χ4v) is 5.77. The number of cyclic esters (lactones) is 1. The van der Waals surface area contributed by atoms with Crippen LogP contribution in [0.2, 0.25) is 0 Å². The van der Waals surface area contributed by atoms with Gasteiger partial charge < -0.3 is 19.3 Å². The van der Waals surface area contributed by atoms with Gasteiger partial charge in [-0.25, -0.2) is 4.79 Å². The minimum atomic E-state index is -1.03. The molecule has 0 aromatic heterocycles. The van der Waals surface area contributed by atoms with Gasteiger partial charge in [-0.3, -0.25) is 4.79 Å². The summed E-state index contributed by atoms with van der Waals surface area (Å²) in [6, 6.07) is 0. The molecule has 0 amide bonds. The first kappa shape index (κ1) is 15.6. The van der Waals surface area contributed by atoms with Gasteiger partial charge in [0.25, 0.3) is 0 Å². The standard InChI is InChI=1S/C19H22O6/c1-7(2)12-8-5-10-14-18(3,9(8)6-11(20)24-12)16-13(25-16)15(21)19(14,4)17(22)23-10/h5-7,10,12-16,21H,1-4H3/t10-,12+,13-,14-,15-,16-,18+,19+/m0/s1. The SMILES string of the molecule is CC(C)[C@H]1OC(=O)C=C2C1=C[C@@H]1OC(=O)[C@]3(C)[C@@H]1[C@]2(C)[C@H]1O[C@H]1[C@@H]3O. The molecule has 25 heavy (non-hydrogen) atoms. The van der Waals surface area contributed by atoms with Gasteiger partial charge in [0.2, 0.25) is 0 Å². The van der Waals surface area contributed by atoms with E-state index in [2.05, 4.69) is 0 Å². The molecule has 3 fully saturated rings. The van der Waals surface area contributed by atoms with Crippen molar-refractivity contribution in [3.63, 3.8) is 0 Å². The normalized spacial score (nSPS) is 52.4. The first-order valence-electron chi connectivity index (χ1n) is 8.90. The molecule has 0 aromatic carbocycles. The molecule has 3 heterocycles. The van der Waals surface area contributed by atoms with Crippen LogP contribution < -0.4 is 0 Å². The van der Waals surface area contributed by atoms with Crippen LogP contribution in [0, 0.1) is 22.7 Å². The second-order valence-electron chi connectivity index (χ2n) is 8.66. The van der Waals surface area contributed by atoms with Crippen LogP contribution in [0.3, 0.4) is 0 Å². The zero-order valence-corrected chi connectivity index (χ0v) is 14.7. The van der Waals surface area contributed by atoms with Gasteiger partial charge >= 0.3 is 11.9 Å². The Morgan fingerprint density at radius 1 is 1.16 bits per heavy atom. The number of hydrogen-bond donors (Lipinski definition) is 1. The molecule has 0 aromatic rings. The lowest BCUT2D eigenvalue weighted by molar-refractivity contribution is -0.154. The molecule has 0 unspecified atom stereocenters. The van der Waals surface area contributed by atoms with Crippen LogP contribution in [0.4, 0.5) is 0 Å². The number of carbonyl (C=O) groups excluding carboxylic acids is 2. The maximum Gasteiger partial charge on any atom is 0.331 e. The third kappa shape index (κ3) is 1.59. The van der Waals surface area contributed by atoms with Crippen molar-refractivity contribution >= 4 is 11.9 Å². The van der Waals surface area contributed by atoms with Crippen molar-refractivity contribution in [2.24, 2.45) is 22.7 Å². The summed E-state index contributed by atoms with van der Waals surface area (Å²) in [5.41, 5.74) is 0.203. The molecule has 1 N–H and O–H groups in total. The smallest absolute Gasteiger partial charge is 0.331 e. The Morgan fingerprint density at radius 3 is 2.56 bits per heavy atom. The van der Waals surface area contributed by atoms with Crippen molar-refractivity contribution in [3.8, 4) is 0 Å². The average molecular weight is 346 g/mol. The summed E-state index contributed by atoms with van der Waals surface area (Å²) in [5, 5.41) is 10.7. The summed E-state index contributed by atoms with van der Waals surface area (Å²) < 4.78 is 17.1. The van der Waals surface area contributed by atoms with Crippen LogP contribution in [0.25, 0.3) is 0 Å². The lowest BCUT2D eigenvalue weighted by Gasteiger charge is -2.52. The van der Waals surface area contributed by atoms with E-state index in [0.29, 0.717) is 0 Å². The summed E-state index contributed by atoms with van der Waals surface area (Å²) in [6.45, 7) is 7.81. The molecular formula is C19H22O6. The lowest BCUT2D eigenvalue weighted by atomic mass is 9.48. The molecule has 0 bridgehead atoms. The van der Waals surface area contributed by atoms with Crippen LogP contribution in [0.1, 0.15) is 27.7 Å². The second kappa shape index (κ2) is 4.35. The van der Waals surface area contributed by atoms with Crippen LogP contribution in [0.5, 0.6) is 0 Å². The van der Waals surface area contributed by atoms with Gasteiger partial charge in [0.1, 0.15) is 23.7 Å². The van der Waals surface area contributed by atoms with Crippen molar-refractivity contribution < 1.29 is 28.9 Å². The first-order valence-corrected chi connectivity index (χ1v) is 8.90. The fraction of sp³-hybridized carbons (Fsp3) is 0.684. The van der Waals surface area contributed by atoms with Crippen LogP contribution in [-0.2, 0) is 23.8 Å². The molecule has 5 aliphatic rings. The highest BCUT2D eigenvalue weighted by atomic mass is 16.6. The van der Waals surface area contributed by atoms with Gasteiger partial charge in [-0.1, -0.05) is 20.8 Å². The van der Waals surface area contributed by atoms with Crippen LogP contribution in [-0.4, -0.2) is 47.6 Å². The molecule has 6 heteroatoms. The Morgan fingerprint density at radius 2 is 1.88 bits per heavy atom. The number of esters is 2. The van der Waals surface area contributed by atoms with Crippen molar-refractivity contribution in [1.82, 2.24) is 0 Å². The Hall–Kier alpha value is -1.66. The molecule has 0 spiro atoms. The first-order chi connectivity index (χ1) is 11.7. The Bertz CT molecular complexity index is 766. The Balaban J connectivity index is 1.75. The molecule has 2 saturated heterocycles. The van der Waals surface area contributed by atoms with Crippen molar-refractivity contribution in [2.75, 3.05) is 0 Å². The quantitative estimate of drug-likeness (QED) is 0.566. The third-order valence-corrected chi connectivity index (χ3v) is 7.00. The molecule has 134 valence electrons. The van der Waals surface area contributed by atoms with E-state index >= 15 is 0 Å². The molecule has 1 saturated carbocycles. The summed E-state index contributed by atoms with van der Waals surface area (Å²) in [6.07, 6.45) is 1.17. The van der Waals surface area contributed by atoms with E-state index < -0.39 is 29.1 Å². The molecular weight excluding hydrogens is 324 g/mol. The molecule has 6 nitrogen and oxygen atoms in total. The Labute approximate surface area is 145 Å². The number of epoxide rings is 1. The highest BCUT2D eigenvalue weighted by molar-refractivity contribution is 5.88. The molecule has 2 aliphatic carbocycles. The summed E-state index contributed by atoms with van der Waals surface area (Å²) in [4.78, 5) is 24.9. The minimum absolute atomic E-state index is 0.104. The fourth-order valence-electron chi connectivity index (χ4n) is 5.77. The average Bonchev–Trinajstić information content (AvgIpc) is 3.29. The van der Waals surface area contributed by atoms with Gasteiger partial charge in [0.05, 0.1) is 12.2 Å². The monoisotopic (exact) mass is 346 g/mol. The van der Waals surface area contributed by atoms with Crippen LogP contribution >= 0.6 is 0 Å². The second-order valence-corrected chi connectivity index (χ2v) is 8.66. The summed E-state index contributed by atoms with van der Waals surface area (Å²) in [7, 11) is 0. The third-order valence-electron chi connectivity index (χ3n) is 7.00. The molecule has 3 aliphatic heterocycles. The lowest BCUT2D eigenvalue weighted by Crippen LogP contribution is -2.60. The summed E-state index contributed by atoms with van der Waals surface area (Å²) >= 11 is 0. The predicted octanol–water partition coefficient (Wildman–Crippen LogP) is 1.13. The number of fused-ring (bicyclic) bond motifs is 4. The zero-order chi connectivity index (χ0) is 17.9. The van der Waals surface area contributed by atoms with E-state index in [9.17, 15) is 14.7 Å². The van der Waals surface area contributed by atoms with Crippen molar-refractivity contribution in [3.05, 3.63) is 23.3 Å². The maximum absolute atomic E-state index is 12.7. The van der Waals surface area contributed by atoms with E-state index in [1.807, 2.05) is 26.8 Å². The van der Waals surface area contributed by atoms with Gasteiger partial charge in [-0.15, -0.1) is 0 Å². The molecule has 8 atom stereocenters. The van der Waals surface area contributed by atoms with E-state index in [1.54, 1.807) is 13.0 Å². The number of ether oxygens (including phenoxy) is 3. The highest BCUT2D eigenvalue weighted by Gasteiger charge is 2.78. The topological polar surface area (TPSA) is 85.4 Å². The predicted molar refractivity (Wildman–Crippen MR) is 85.1 cm³/mol. The van der Waals surface area contributed by atoms with Gasteiger partial charge in [0, 0.05) is 17.4 Å². The number of aliphatic hydroxyl groups is 1. The van der Waals surface area contributed by atoms with E-state index in [4.69, 9.17) is 14.2 Å². The van der Waals surface area contributed by atoms with E-state index in [-0.39, 0.29) is 36.0 Å². The highest BCUT2D eigenvalue weighted by Crippen LogP contribution is 2.69. The van der Waals surface area contributed by atoms with Crippen LogP contribution in [0.15, 0.2) is 23.3 Å². The van der Waals surface area contributed by atoms with Gasteiger partial charge in [-0.05, 0) is 30.1 Å².